The Balaban J connectivity index is 1.99. The zero-order valence-corrected chi connectivity index (χ0v) is 13.7. The first kappa shape index (κ1) is 16.3. The Labute approximate surface area is 141 Å². The molecule has 3 nitrogen and oxygen atoms in total. The Morgan fingerprint density at radius 1 is 1.26 bits per heavy atom. The molecule has 2 unspecified atom stereocenters. The van der Waals surface area contributed by atoms with Gasteiger partial charge in [0.2, 0.25) is 0 Å². The first-order chi connectivity index (χ1) is 11.0. The van der Waals surface area contributed by atoms with Gasteiger partial charge in [-0.25, -0.2) is 4.39 Å². The third kappa shape index (κ3) is 3.70. The van der Waals surface area contributed by atoms with Crippen LogP contribution < -0.4 is 0 Å². The first-order valence-electron chi connectivity index (χ1n) is 7.05. The average Bonchev–Trinajstić information content (AvgIpc) is 2.93. The predicted molar refractivity (Wildman–Crippen MR) is 89.1 cm³/mol. The van der Waals surface area contributed by atoms with Crippen LogP contribution in [0.25, 0.3) is 5.57 Å². The van der Waals surface area contributed by atoms with E-state index >= 15 is 0 Å². The van der Waals surface area contributed by atoms with Gasteiger partial charge in [-0.15, -0.1) is 0 Å². The maximum absolute atomic E-state index is 14.1. The molecule has 1 aliphatic rings. The molecule has 3 rings (SSSR count). The van der Waals surface area contributed by atoms with Gasteiger partial charge in [-0.1, -0.05) is 48.0 Å². The van der Waals surface area contributed by atoms with Crippen molar-refractivity contribution in [3.05, 3.63) is 76.6 Å². The molecule has 0 bridgehead atoms. The fraction of sp³-hybridized carbons (Fsp3) is 0.176. The summed E-state index contributed by atoms with van der Waals surface area (Å²) in [6, 6.07) is 13.7. The molecular formula is C17H14ClFNO2S-. The summed E-state index contributed by atoms with van der Waals surface area (Å²) >= 11 is 3.76. The highest BCUT2D eigenvalue weighted by molar-refractivity contribution is 7.79. The van der Waals surface area contributed by atoms with E-state index in [1.807, 2.05) is 36.4 Å². The van der Waals surface area contributed by atoms with Gasteiger partial charge in [0.05, 0.1) is 11.9 Å². The number of rotatable bonds is 4. The Hall–Kier alpha value is -1.53. The Morgan fingerprint density at radius 2 is 2.00 bits per heavy atom. The molecule has 0 saturated carbocycles. The number of hydrogen-bond donors (Lipinski definition) is 0. The molecule has 23 heavy (non-hydrogen) atoms. The van der Waals surface area contributed by atoms with Gasteiger partial charge in [0.25, 0.3) is 0 Å². The van der Waals surface area contributed by atoms with Crippen LogP contribution in [-0.2, 0) is 11.1 Å². The number of nitrogens with zero attached hydrogens (tertiary/aromatic N) is 1. The SMILES string of the molecule is O=S([O-])CN1CC(c2cc(Cl)ccc2F)=CC1c1ccccc1. The molecule has 2 atom stereocenters. The molecule has 1 aliphatic heterocycles. The largest absolute Gasteiger partial charge is 0.771 e. The molecule has 0 aliphatic carbocycles. The zero-order chi connectivity index (χ0) is 16.4. The van der Waals surface area contributed by atoms with Crippen molar-refractivity contribution in [3.8, 4) is 0 Å². The number of halogens is 2. The maximum atomic E-state index is 14.1. The van der Waals surface area contributed by atoms with Gasteiger partial charge in [-0.2, -0.15) is 0 Å². The Kier molecular flexibility index (Phi) is 4.92. The molecule has 0 N–H and O–H groups in total. The van der Waals surface area contributed by atoms with Crippen LogP contribution in [-0.4, -0.2) is 26.1 Å². The smallest absolute Gasteiger partial charge is 0.130 e. The fourth-order valence-corrected chi connectivity index (χ4v) is 3.50. The second kappa shape index (κ2) is 6.93. The van der Waals surface area contributed by atoms with Crippen molar-refractivity contribution in [2.75, 3.05) is 12.4 Å². The van der Waals surface area contributed by atoms with E-state index < -0.39 is 11.1 Å². The van der Waals surface area contributed by atoms with Crippen molar-refractivity contribution in [1.29, 1.82) is 0 Å². The third-order valence-electron chi connectivity index (χ3n) is 3.81. The number of benzene rings is 2. The summed E-state index contributed by atoms with van der Waals surface area (Å²) in [5.41, 5.74) is 2.12. The van der Waals surface area contributed by atoms with E-state index in [0.29, 0.717) is 17.1 Å². The quantitative estimate of drug-likeness (QED) is 0.789. The second-order valence-electron chi connectivity index (χ2n) is 5.35. The highest BCUT2D eigenvalue weighted by Gasteiger charge is 2.27. The monoisotopic (exact) mass is 350 g/mol. The number of hydrogen-bond acceptors (Lipinski definition) is 3. The summed E-state index contributed by atoms with van der Waals surface area (Å²) in [6.07, 6.45) is 1.90. The molecule has 0 amide bonds. The Bertz CT molecular complexity index is 766. The predicted octanol–water partition coefficient (Wildman–Crippen LogP) is 3.76. The van der Waals surface area contributed by atoms with Crippen molar-refractivity contribution in [3.63, 3.8) is 0 Å². The summed E-state index contributed by atoms with van der Waals surface area (Å²) in [6.45, 7) is 0.352. The van der Waals surface area contributed by atoms with Crippen LogP contribution >= 0.6 is 11.6 Å². The molecule has 0 radical (unpaired) electrons. The minimum atomic E-state index is -2.21. The molecule has 6 heteroatoms. The summed E-state index contributed by atoms with van der Waals surface area (Å²) in [4.78, 5) is 1.79. The standard InChI is InChI=1S/C17H15ClFNO2S/c18-14-6-7-16(19)15(9-14)13-8-17(12-4-2-1-3-5-12)20(10-13)11-23(21)22/h1-9,17H,10-11H2,(H,21,22)/p-1. The molecule has 120 valence electrons. The van der Waals surface area contributed by atoms with Crippen molar-refractivity contribution < 1.29 is 13.2 Å². The second-order valence-corrected chi connectivity index (χ2v) is 6.65. The lowest BCUT2D eigenvalue weighted by atomic mass is 10.0. The minimum absolute atomic E-state index is 0.109. The third-order valence-corrected chi connectivity index (χ3v) is 4.59. The average molecular weight is 351 g/mol. The lowest BCUT2D eigenvalue weighted by Gasteiger charge is -2.25. The van der Waals surface area contributed by atoms with Crippen LogP contribution in [0.1, 0.15) is 17.2 Å². The lowest BCUT2D eigenvalue weighted by Crippen LogP contribution is -2.28. The van der Waals surface area contributed by atoms with E-state index in [0.717, 1.165) is 11.1 Å². The highest BCUT2D eigenvalue weighted by Crippen LogP contribution is 2.36. The highest BCUT2D eigenvalue weighted by atomic mass is 35.5. The van der Waals surface area contributed by atoms with E-state index in [-0.39, 0.29) is 17.7 Å². The molecule has 1 heterocycles. The van der Waals surface area contributed by atoms with Gasteiger partial charge >= 0.3 is 0 Å². The molecule has 0 spiro atoms. The van der Waals surface area contributed by atoms with Gasteiger partial charge in [-0.05, 0) is 40.4 Å². The van der Waals surface area contributed by atoms with Crippen molar-refractivity contribution in [1.82, 2.24) is 4.90 Å². The van der Waals surface area contributed by atoms with Crippen LogP contribution in [0.4, 0.5) is 4.39 Å². The van der Waals surface area contributed by atoms with Gasteiger partial charge in [0, 0.05) is 17.1 Å². The molecule has 2 aromatic carbocycles. The van der Waals surface area contributed by atoms with E-state index in [2.05, 4.69) is 0 Å². The zero-order valence-electron chi connectivity index (χ0n) is 12.1. The van der Waals surface area contributed by atoms with E-state index in [9.17, 15) is 13.2 Å². The fourth-order valence-electron chi connectivity index (χ4n) is 2.80. The van der Waals surface area contributed by atoms with Gasteiger partial charge in [-0.3, -0.25) is 9.11 Å². The van der Waals surface area contributed by atoms with Crippen LogP contribution in [0, 0.1) is 5.82 Å². The van der Waals surface area contributed by atoms with Crippen molar-refractivity contribution in [2.45, 2.75) is 6.04 Å². The summed E-state index contributed by atoms with van der Waals surface area (Å²) in [7, 11) is 0. The normalized spacial score (nSPS) is 19.6. The van der Waals surface area contributed by atoms with E-state index in [1.165, 1.54) is 12.1 Å². The lowest BCUT2D eigenvalue weighted by molar-refractivity contribution is 0.316. The maximum Gasteiger partial charge on any atom is 0.130 e. The summed E-state index contributed by atoms with van der Waals surface area (Å²) in [5, 5.41) is 0.449. The molecule has 0 aromatic heterocycles. The van der Waals surface area contributed by atoms with E-state index in [4.69, 9.17) is 11.6 Å². The van der Waals surface area contributed by atoms with Gasteiger partial charge in [0.1, 0.15) is 5.82 Å². The van der Waals surface area contributed by atoms with Crippen molar-refractivity contribution in [2.24, 2.45) is 0 Å². The van der Waals surface area contributed by atoms with E-state index in [1.54, 1.807) is 11.0 Å². The van der Waals surface area contributed by atoms with Crippen LogP contribution in [0.15, 0.2) is 54.6 Å². The summed E-state index contributed by atoms with van der Waals surface area (Å²) < 4.78 is 36.4. The van der Waals surface area contributed by atoms with Gasteiger partial charge in [0.15, 0.2) is 0 Å². The van der Waals surface area contributed by atoms with Crippen LogP contribution in [0.2, 0.25) is 5.02 Å². The van der Waals surface area contributed by atoms with Crippen LogP contribution in [0.3, 0.4) is 0 Å². The summed E-state index contributed by atoms with van der Waals surface area (Å²) in [5.74, 6) is -0.473. The van der Waals surface area contributed by atoms with Crippen molar-refractivity contribution >= 4 is 28.3 Å². The molecule has 0 saturated heterocycles. The molecule has 0 fully saturated rings. The molecular weight excluding hydrogens is 337 g/mol. The van der Waals surface area contributed by atoms with Gasteiger partial charge < -0.3 is 4.55 Å². The van der Waals surface area contributed by atoms with Crippen LogP contribution in [0.5, 0.6) is 0 Å². The minimum Gasteiger partial charge on any atom is -0.771 e. The Morgan fingerprint density at radius 3 is 2.70 bits per heavy atom. The molecule has 2 aromatic rings. The first-order valence-corrected chi connectivity index (χ1v) is 8.68. The topological polar surface area (TPSA) is 43.4 Å².